The molecule has 0 saturated heterocycles. The Hall–Kier alpha value is -1.86. The van der Waals surface area contributed by atoms with Crippen molar-refractivity contribution in [2.45, 2.75) is 13.3 Å². The molecule has 2 aromatic rings. The van der Waals surface area contributed by atoms with Gasteiger partial charge in [-0.3, -0.25) is 0 Å². The fraction of sp³-hybridized carbons (Fsp3) is 0.167. The first-order valence-electron chi connectivity index (χ1n) is 4.94. The Balaban J connectivity index is 2.60. The summed E-state index contributed by atoms with van der Waals surface area (Å²) in [4.78, 5) is 4.33. The first-order valence-corrected chi connectivity index (χ1v) is 5.76. The molecule has 1 aromatic heterocycles. The van der Waals surface area contributed by atoms with Crippen molar-refractivity contribution in [1.82, 2.24) is 4.98 Å². The second-order valence-electron chi connectivity index (χ2n) is 3.27. The number of aromatic nitrogens is 1. The number of allylic oxidation sites excluding steroid dienone is 2. The van der Waals surface area contributed by atoms with Gasteiger partial charge >= 0.3 is 0 Å². The van der Waals surface area contributed by atoms with E-state index in [2.05, 4.69) is 4.98 Å². The third-order valence-electron chi connectivity index (χ3n) is 2.24. The molecule has 0 unspecified atom stereocenters. The van der Waals surface area contributed by atoms with Crippen LogP contribution in [0.15, 0.2) is 30.0 Å². The summed E-state index contributed by atoms with van der Waals surface area (Å²) in [5.41, 5.74) is 1.14. The molecule has 1 heterocycles. The van der Waals surface area contributed by atoms with E-state index in [9.17, 15) is 5.11 Å². The molecule has 0 aliphatic rings. The zero-order chi connectivity index (χ0) is 11.5. The molecule has 2 rings (SSSR count). The van der Waals surface area contributed by atoms with Gasteiger partial charge in [0.15, 0.2) is 0 Å². The maximum Gasteiger partial charge on any atom is 0.138 e. The molecule has 0 aliphatic carbocycles. The van der Waals surface area contributed by atoms with Crippen LogP contribution in [0.1, 0.15) is 18.4 Å². The molecule has 0 fully saturated rings. The fourth-order valence-corrected chi connectivity index (χ4v) is 2.37. The van der Waals surface area contributed by atoms with Crippen molar-refractivity contribution in [3.05, 3.63) is 35.0 Å². The standard InChI is InChI=1S/C12H10N2OS/c1-2-10(15)8(7-13)12-14-9-5-3-4-6-11(9)16-12/h3-6,15H,2H2,1H3/b10-8+. The highest BCUT2D eigenvalue weighted by Crippen LogP contribution is 2.28. The van der Waals surface area contributed by atoms with E-state index in [1.165, 1.54) is 11.3 Å². The van der Waals surface area contributed by atoms with Gasteiger partial charge in [0, 0.05) is 6.42 Å². The molecule has 0 spiro atoms. The molecular formula is C12H10N2OS. The van der Waals surface area contributed by atoms with E-state index in [0.29, 0.717) is 11.4 Å². The second kappa shape index (κ2) is 4.33. The van der Waals surface area contributed by atoms with Gasteiger partial charge in [-0.15, -0.1) is 11.3 Å². The molecule has 0 amide bonds. The largest absolute Gasteiger partial charge is 0.511 e. The van der Waals surface area contributed by atoms with Gasteiger partial charge in [-0.25, -0.2) is 4.98 Å². The van der Waals surface area contributed by atoms with Gasteiger partial charge in [0.2, 0.25) is 0 Å². The normalized spacial score (nSPS) is 12.2. The van der Waals surface area contributed by atoms with Crippen LogP contribution in [0.5, 0.6) is 0 Å². The number of nitriles is 1. The Labute approximate surface area is 97.3 Å². The molecule has 1 aromatic carbocycles. The molecule has 0 atom stereocenters. The van der Waals surface area contributed by atoms with Crippen molar-refractivity contribution < 1.29 is 5.11 Å². The maximum atomic E-state index is 9.62. The van der Waals surface area contributed by atoms with E-state index in [-0.39, 0.29) is 11.3 Å². The second-order valence-corrected chi connectivity index (χ2v) is 4.30. The summed E-state index contributed by atoms with van der Waals surface area (Å²) in [7, 11) is 0. The Morgan fingerprint density at radius 3 is 2.88 bits per heavy atom. The van der Waals surface area contributed by atoms with Gasteiger partial charge < -0.3 is 5.11 Å². The van der Waals surface area contributed by atoms with Crippen molar-refractivity contribution in [2.24, 2.45) is 0 Å². The lowest BCUT2D eigenvalue weighted by Gasteiger charge is -1.96. The Morgan fingerprint density at radius 2 is 2.25 bits per heavy atom. The molecule has 1 N–H and O–H groups in total. The van der Waals surface area contributed by atoms with Crippen LogP contribution in [0.2, 0.25) is 0 Å². The highest BCUT2D eigenvalue weighted by atomic mass is 32.1. The lowest BCUT2D eigenvalue weighted by atomic mass is 10.2. The number of para-hydroxylation sites is 1. The van der Waals surface area contributed by atoms with E-state index in [1.807, 2.05) is 30.3 Å². The summed E-state index contributed by atoms with van der Waals surface area (Å²) in [5.74, 6) is 0.0987. The van der Waals surface area contributed by atoms with Gasteiger partial charge in [-0.2, -0.15) is 5.26 Å². The molecule has 4 heteroatoms. The number of hydrogen-bond donors (Lipinski definition) is 1. The lowest BCUT2D eigenvalue weighted by molar-refractivity contribution is 0.398. The van der Waals surface area contributed by atoms with Crippen LogP contribution in [0.25, 0.3) is 15.8 Å². The van der Waals surface area contributed by atoms with Crippen LogP contribution >= 0.6 is 11.3 Å². The summed E-state index contributed by atoms with van der Waals surface area (Å²) < 4.78 is 1.02. The minimum Gasteiger partial charge on any atom is -0.511 e. The van der Waals surface area contributed by atoms with E-state index >= 15 is 0 Å². The zero-order valence-corrected chi connectivity index (χ0v) is 9.58. The highest BCUT2D eigenvalue weighted by Gasteiger charge is 2.12. The Kier molecular flexibility index (Phi) is 2.88. The molecule has 80 valence electrons. The summed E-state index contributed by atoms with van der Waals surface area (Å²) in [6.45, 7) is 1.81. The third kappa shape index (κ3) is 1.77. The van der Waals surface area contributed by atoms with Crippen molar-refractivity contribution in [2.75, 3.05) is 0 Å². The van der Waals surface area contributed by atoms with Crippen LogP contribution in [0.4, 0.5) is 0 Å². The summed E-state index contributed by atoms with van der Waals surface area (Å²) in [6, 6.07) is 9.69. The summed E-state index contributed by atoms with van der Waals surface area (Å²) in [6.07, 6.45) is 0.443. The third-order valence-corrected chi connectivity index (χ3v) is 3.30. The van der Waals surface area contributed by atoms with E-state index in [0.717, 1.165) is 10.2 Å². The minimum absolute atomic E-state index is 0.0987. The number of nitrogens with zero attached hydrogens (tertiary/aromatic N) is 2. The van der Waals surface area contributed by atoms with Gasteiger partial charge in [0.25, 0.3) is 0 Å². The lowest BCUT2D eigenvalue weighted by Crippen LogP contribution is -1.87. The topological polar surface area (TPSA) is 56.9 Å². The van der Waals surface area contributed by atoms with Crippen LogP contribution in [0, 0.1) is 11.3 Å². The molecule has 0 saturated carbocycles. The van der Waals surface area contributed by atoms with Crippen LogP contribution < -0.4 is 0 Å². The van der Waals surface area contributed by atoms with Crippen molar-refractivity contribution in [1.29, 1.82) is 5.26 Å². The smallest absolute Gasteiger partial charge is 0.138 e. The van der Waals surface area contributed by atoms with E-state index in [1.54, 1.807) is 6.92 Å². The number of thiazole rings is 1. The molecular weight excluding hydrogens is 220 g/mol. The highest BCUT2D eigenvalue weighted by molar-refractivity contribution is 7.19. The summed E-state index contributed by atoms with van der Waals surface area (Å²) in [5, 5.41) is 19.2. The van der Waals surface area contributed by atoms with Crippen LogP contribution in [-0.2, 0) is 0 Å². The van der Waals surface area contributed by atoms with Crippen LogP contribution in [-0.4, -0.2) is 10.1 Å². The van der Waals surface area contributed by atoms with Crippen molar-refractivity contribution >= 4 is 27.1 Å². The molecule has 0 radical (unpaired) electrons. The first-order chi connectivity index (χ1) is 7.76. The average molecular weight is 230 g/mol. The predicted molar refractivity (Wildman–Crippen MR) is 65.1 cm³/mol. The molecule has 0 aliphatic heterocycles. The monoisotopic (exact) mass is 230 g/mol. The van der Waals surface area contributed by atoms with Gasteiger partial charge in [0.1, 0.15) is 22.4 Å². The molecule has 0 bridgehead atoms. The number of rotatable bonds is 2. The SMILES string of the molecule is CC/C(O)=C(/C#N)c1nc2ccccc2s1. The van der Waals surface area contributed by atoms with Gasteiger partial charge in [-0.05, 0) is 12.1 Å². The first kappa shape index (κ1) is 10.7. The van der Waals surface area contributed by atoms with Gasteiger partial charge in [-0.1, -0.05) is 19.1 Å². The molecule has 3 nitrogen and oxygen atoms in total. The maximum absolute atomic E-state index is 9.62. The fourth-order valence-electron chi connectivity index (χ4n) is 1.39. The average Bonchev–Trinajstić information content (AvgIpc) is 2.72. The van der Waals surface area contributed by atoms with Crippen molar-refractivity contribution in [3.63, 3.8) is 0 Å². The number of aliphatic hydroxyl groups is 1. The minimum atomic E-state index is 0.0987. The Bertz CT molecular complexity index is 559. The quantitative estimate of drug-likeness (QED) is 0.634. The molecule has 16 heavy (non-hydrogen) atoms. The van der Waals surface area contributed by atoms with Gasteiger partial charge in [0.05, 0.1) is 10.2 Å². The number of aliphatic hydroxyl groups excluding tert-OH is 1. The predicted octanol–water partition coefficient (Wildman–Crippen LogP) is 3.50. The Morgan fingerprint density at radius 1 is 1.50 bits per heavy atom. The number of hydrogen-bond acceptors (Lipinski definition) is 4. The van der Waals surface area contributed by atoms with Crippen molar-refractivity contribution in [3.8, 4) is 6.07 Å². The number of fused-ring (bicyclic) bond motifs is 1. The van der Waals surface area contributed by atoms with E-state index < -0.39 is 0 Å². The number of benzene rings is 1. The van der Waals surface area contributed by atoms with Crippen LogP contribution in [0.3, 0.4) is 0 Å². The zero-order valence-electron chi connectivity index (χ0n) is 8.77. The summed E-state index contributed by atoms with van der Waals surface area (Å²) >= 11 is 1.42. The van der Waals surface area contributed by atoms with E-state index in [4.69, 9.17) is 5.26 Å².